The van der Waals surface area contributed by atoms with E-state index in [1.807, 2.05) is 20.8 Å². The van der Waals surface area contributed by atoms with Crippen molar-refractivity contribution in [1.82, 2.24) is 14.5 Å². The maximum Gasteiger partial charge on any atom is 0.319 e. The number of aliphatic hydroxyl groups is 1. The summed E-state index contributed by atoms with van der Waals surface area (Å²) in [6.07, 6.45) is 6.85. The molecule has 1 saturated carbocycles. The fourth-order valence-corrected chi connectivity index (χ4v) is 7.49. The number of urea groups is 1. The molecule has 0 radical (unpaired) electrons. The van der Waals surface area contributed by atoms with Gasteiger partial charge in [-0.2, -0.15) is 4.31 Å². The Balaban J connectivity index is 1.60. The highest BCUT2D eigenvalue weighted by molar-refractivity contribution is 7.89. The molecule has 1 fully saturated rings. The molecule has 11 nitrogen and oxygen atoms in total. The average Bonchev–Trinajstić information content (AvgIpc) is 3.06. The monoisotopic (exact) mass is 686 g/mol. The highest BCUT2D eigenvalue weighted by Crippen LogP contribution is 2.29. The van der Waals surface area contributed by atoms with Crippen molar-refractivity contribution >= 4 is 27.6 Å². The molecule has 4 rings (SSSR count). The van der Waals surface area contributed by atoms with Crippen LogP contribution in [0.25, 0.3) is 0 Å². The van der Waals surface area contributed by atoms with E-state index in [-0.39, 0.29) is 60.2 Å². The first-order valence-electron chi connectivity index (χ1n) is 17.3. The Kier molecular flexibility index (Phi) is 13.7. The van der Waals surface area contributed by atoms with Crippen LogP contribution in [0.1, 0.15) is 88.1 Å². The van der Waals surface area contributed by atoms with Gasteiger partial charge < -0.3 is 30.1 Å². The largest absolute Gasteiger partial charge is 0.490 e. The quantitative estimate of drug-likeness (QED) is 0.331. The molecule has 266 valence electrons. The molecule has 48 heavy (non-hydrogen) atoms. The molecule has 2 aromatic rings. The van der Waals surface area contributed by atoms with E-state index in [9.17, 15) is 23.1 Å². The Morgan fingerprint density at radius 3 is 2.42 bits per heavy atom. The first-order valence-corrected chi connectivity index (χ1v) is 18.8. The van der Waals surface area contributed by atoms with Crippen molar-refractivity contribution in [2.45, 2.75) is 108 Å². The minimum atomic E-state index is -3.78. The fourth-order valence-electron chi connectivity index (χ4n) is 6.30. The van der Waals surface area contributed by atoms with Crippen molar-refractivity contribution in [2.75, 3.05) is 38.7 Å². The number of nitrogens with zero attached hydrogens (tertiary/aromatic N) is 2. The third-order valence-corrected chi connectivity index (χ3v) is 11.3. The Hall–Kier alpha value is -3.19. The van der Waals surface area contributed by atoms with Crippen LogP contribution >= 0.6 is 0 Å². The molecular weight excluding hydrogens is 632 g/mol. The van der Waals surface area contributed by atoms with Crippen LogP contribution < -0.4 is 15.4 Å². The minimum Gasteiger partial charge on any atom is -0.490 e. The fraction of sp³-hybridized carbons (Fsp3) is 0.611. The summed E-state index contributed by atoms with van der Waals surface area (Å²) < 4.78 is 40.9. The van der Waals surface area contributed by atoms with Crippen molar-refractivity contribution in [3.8, 4) is 5.75 Å². The molecule has 1 heterocycles. The van der Waals surface area contributed by atoms with Gasteiger partial charge in [0.1, 0.15) is 5.75 Å². The van der Waals surface area contributed by atoms with E-state index in [1.165, 1.54) is 10.7 Å². The maximum atomic E-state index is 14.4. The molecule has 0 unspecified atom stereocenters. The number of nitrogens with one attached hydrogen (secondary N) is 2. The summed E-state index contributed by atoms with van der Waals surface area (Å²) in [6, 6.07) is 11.1. The lowest BCUT2D eigenvalue weighted by atomic mass is 9.96. The van der Waals surface area contributed by atoms with Gasteiger partial charge in [-0.3, -0.25) is 4.79 Å². The molecule has 4 atom stereocenters. The molecular formula is C36H54N4O7S. The zero-order chi connectivity index (χ0) is 34.8. The van der Waals surface area contributed by atoms with Crippen LogP contribution in [0.2, 0.25) is 0 Å². The van der Waals surface area contributed by atoms with Crippen molar-refractivity contribution in [2.24, 2.45) is 5.92 Å². The number of hydrogen-bond acceptors (Lipinski definition) is 7. The van der Waals surface area contributed by atoms with Crippen LogP contribution in [0.5, 0.6) is 5.75 Å². The SMILES string of the molecule is Cc1ccc(S(=O)(=O)N(C)C[C@@H]2OCCCC[C@H](C)Oc3ccc(NC(=O)NC4CCCCC4)cc3C(=O)N([C@@H](C)CO)C[C@@H]2C)cc1. The Morgan fingerprint density at radius 2 is 1.73 bits per heavy atom. The number of aryl methyl sites for hydroxylation is 1. The van der Waals surface area contributed by atoms with Crippen LogP contribution in [0, 0.1) is 12.8 Å². The summed E-state index contributed by atoms with van der Waals surface area (Å²) >= 11 is 0. The van der Waals surface area contributed by atoms with E-state index in [0.29, 0.717) is 18.0 Å². The minimum absolute atomic E-state index is 0.0905. The van der Waals surface area contributed by atoms with Crippen molar-refractivity contribution in [3.05, 3.63) is 53.6 Å². The van der Waals surface area contributed by atoms with E-state index in [1.54, 1.807) is 61.3 Å². The molecule has 0 spiro atoms. The van der Waals surface area contributed by atoms with E-state index in [2.05, 4.69) is 10.6 Å². The molecule has 1 aliphatic heterocycles. The van der Waals surface area contributed by atoms with Gasteiger partial charge in [0.15, 0.2) is 0 Å². The second kappa shape index (κ2) is 17.5. The Labute approximate surface area is 286 Å². The summed E-state index contributed by atoms with van der Waals surface area (Å²) in [5, 5.41) is 16.2. The van der Waals surface area contributed by atoms with E-state index >= 15 is 0 Å². The number of sulfonamides is 1. The number of amides is 3. The van der Waals surface area contributed by atoms with Crippen molar-refractivity contribution < 1.29 is 32.6 Å². The van der Waals surface area contributed by atoms with Gasteiger partial charge in [-0.25, -0.2) is 13.2 Å². The highest BCUT2D eigenvalue weighted by Gasteiger charge is 2.32. The standard InChI is InChI=1S/C36H54N4O7S/c1-25-14-17-31(18-15-25)48(44,45)39(5)23-34-26(2)22-40(27(3)24-41)35(42)32-21-30(38-36(43)37-29-12-7-6-8-13-29)16-19-33(32)47-28(4)11-9-10-20-46-34/h14-19,21,26-29,34,41H,6-13,20,22-24H2,1-5H3,(H2,37,38,43)/t26-,27-,28-,34-/m0/s1. The van der Waals surface area contributed by atoms with Crippen LogP contribution in [-0.4, -0.2) is 92.3 Å². The molecule has 3 amide bonds. The summed E-state index contributed by atoms with van der Waals surface area (Å²) in [6.45, 7) is 7.99. The van der Waals surface area contributed by atoms with Gasteiger partial charge in [0.2, 0.25) is 10.0 Å². The van der Waals surface area contributed by atoms with Gasteiger partial charge >= 0.3 is 6.03 Å². The van der Waals surface area contributed by atoms with Crippen molar-refractivity contribution in [1.29, 1.82) is 0 Å². The van der Waals surface area contributed by atoms with Gasteiger partial charge in [-0.05, 0) is 83.2 Å². The van der Waals surface area contributed by atoms with E-state index < -0.39 is 22.2 Å². The average molecular weight is 687 g/mol. The number of ether oxygens (including phenoxy) is 2. The molecule has 3 N–H and O–H groups in total. The number of hydrogen-bond donors (Lipinski definition) is 3. The summed E-state index contributed by atoms with van der Waals surface area (Å²) in [5.74, 6) is -0.256. The number of benzene rings is 2. The number of carbonyl (C=O) groups is 2. The maximum absolute atomic E-state index is 14.4. The first-order chi connectivity index (χ1) is 22.9. The molecule has 0 aromatic heterocycles. The summed E-state index contributed by atoms with van der Waals surface area (Å²) in [5.41, 5.74) is 1.70. The lowest BCUT2D eigenvalue weighted by Gasteiger charge is -2.35. The normalized spacial score (nSPS) is 22.7. The first kappa shape index (κ1) is 37.6. The van der Waals surface area contributed by atoms with Crippen LogP contribution in [0.4, 0.5) is 10.5 Å². The zero-order valence-electron chi connectivity index (χ0n) is 29.1. The van der Waals surface area contributed by atoms with Gasteiger partial charge in [0.25, 0.3) is 5.91 Å². The van der Waals surface area contributed by atoms with E-state index in [4.69, 9.17) is 9.47 Å². The number of aliphatic hydroxyl groups excluding tert-OH is 1. The van der Waals surface area contributed by atoms with Crippen LogP contribution in [0.15, 0.2) is 47.4 Å². The number of likely N-dealkylation sites (N-methyl/N-ethyl adjacent to an activating group) is 1. The summed E-state index contributed by atoms with van der Waals surface area (Å²) in [4.78, 5) is 29.0. The lowest BCUT2D eigenvalue weighted by molar-refractivity contribution is -0.00833. The van der Waals surface area contributed by atoms with Gasteiger partial charge in [0.05, 0.1) is 35.3 Å². The number of fused-ring (bicyclic) bond motifs is 1. The molecule has 2 aliphatic rings. The number of anilines is 1. The summed E-state index contributed by atoms with van der Waals surface area (Å²) in [7, 11) is -2.23. The molecule has 2 aromatic carbocycles. The Morgan fingerprint density at radius 1 is 1.04 bits per heavy atom. The zero-order valence-corrected chi connectivity index (χ0v) is 29.9. The lowest BCUT2D eigenvalue weighted by Crippen LogP contribution is -2.48. The number of rotatable bonds is 8. The number of carbonyl (C=O) groups excluding carboxylic acids is 2. The van der Waals surface area contributed by atoms with Crippen LogP contribution in [-0.2, 0) is 14.8 Å². The molecule has 12 heteroatoms. The topological polar surface area (TPSA) is 138 Å². The third kappa shape index (κ3) is 10.2. The predicted molar refractivity (Wildman–Crippen MR) is 187 cm³/mol. The second-order valence-electron chi connectivity index (χ2n) is 13.5. The smallest absolute Gasteiger partial charge is 0.319 e. The van der Waals surface area contributed by atoms with Gasteiger partial charge in [-0.1, -0.05) is 43.9 Å². The Bertz CT molecular complexity index is 1460. The van der Waals surface area contributed by atoms with Crippen LogP contribution in [0.3, 0.4) is 0 Å². The van der Waals surface area contributed by atoms with Crippen molar-refractivity contribution in [3.63, 3.8) is 0 Å². The van der Waals surface area contributed by atoms with Gasteiger partial charge in [0, 0.05) is 44.4 Å². The third-order valence-electron chi connectivity index (χ3n) is 9.42. The van der Waals surface area contributed by atoms with Gasteiger partial charge in [-0.15, -0.1) is 0 Å². The molecule has 1 aliphatic carbocycles. The predicted octanol–water partition coefficient (Wildman–Crippen LogP) is 5.57. The highest BCUT2D eigenvalue weighted by atomic mass is 32.2. The van der Waals surface area contributed by atoms with E-state index in [0.717, 1.165) is 50.5 Å². The molecule has 0 saturated heterocycles. The molecule has 0 bridgehead atoms. The second-order valence-corrected chi connectivity index (χ2v) is 15.6.